The van der Waals surface area contributed by atoms with E-state index in [1.165, 1.54) is 38.5 Å². The SMILES string of the molecule is COCCOc1cc(-c2noc(C3CCCN3CC3CCCCC3)n2)ccn1. The maximum absolute atomic E-state index is 5.68. The van der Waals surface area contributed by atoms with E-state index in [1.54, 1.807) is 13.3 Å². The van der Waals surface area contributed by atoms with Crippen LogP contribution in [0.25, 0.3) is 11.4 Å². The standard InChI is InChI=1S/C21H30N4O3/c1-26-12-13-27-19-14-17(9-10-22-19)20-23-21(28-24-20)18-8-5-11-25(18)15-16-6-3-2-4-7-16/h9-10,14,16,18H,2-8,11-13,15H2,1H3. The molecule has 2 fully saturated rings. The van der Waals surface area contributed by atoms with Crippen LogP contribution in [0.15, 0.2) is 22.9 Å². The van der Waals surface area contributed by atoms with Gasteiger partial charge < -0.3 is 14.0 Å². The summed E-state index contributed by atoms with van der Waals surface area (Å²) in [5, 5.41) is 4.23. The minimum atomic E-state index is 0.252. The molecular formula is C21H30N4O3. The molecule has 28 heavy (non-hydrogen) atoms. The topological polar surface area (TPSA) is 73.5 Å². The van der Waals surface area contributed by atoms with Gasteiger partial charge in [0.1, 0.15) is 6.61 Å². The van der Waals surface area contributed by atoms with E-state index < -0.39 is 0 Å². The Bertz CT molecular complexity index is 745. The van der Waals surface area contributed by atoms with Crippen molar-refractivity contribution >= 4 is 0 Å². The molecule has 2 aromatic rings. The number of hydrogen-bond acceptors (Lipinski definition) is 7. The number of methoxy groups -OCH3 is 1. The van der Waals surface area contributed by atoms with E-state index in [0.717, 1.165) is 36.9 Å². The summed E-state index contributed by atoms with van der Waals surface area (Å²) in [5.41, 5.74) is 0.856. The molecule has 1 atom stereocenters. The molecule has 1 aliphatic heterocycles. The molecule has 1 saturated heterocycles. The van der Waals surface area contributed by atoms with Gasteiger partial charge in [-0.05, 0) is 44.2 Å². The molecule has 7 nitrogen and oxygen atoms in total. The molecule has 3 heterocycles. The summed E-state index contributed by atoms with van der Waals surface area (Å²) < 4.78 is 16.3. The van der Waals surface area contributed by atoms with Crippen molar-refractivity contribution in [3.63, 3.8) is 0 Å². The minimum absolute atomic E-state index is 0.252. The zero-order valence-electron chi connectivity index (χ0n) is 16.7. The number of rotatable bonds is 8. The molecule has 0 amide bonds. The van der Waals surface area contributed by atoms with Gasteiger partial charge in [-0.2, -0.15) is 4.98 Å². The number of hydrogen-bond donors (Lipinski definition) is 0. The summed E-state index contributed by atoms with van der Waals surface area (Å²) >= 11 is 0. The van der Waals surface area contributed by atoms with Gasteiger partial charge in [-0.15, -0.1) is 0 Å². The van der Waals surface area contributed by atoms with Crippen LogP contribution < -0.4 is 4.74 Å². The van der Waals surface area contributed by atoms with Crippen molar-refractivity contribution in [3.05, 3.63) is 24.2 Å². The molecule has 4 rings (SSSR count). The lowest BCUT2D eigenvalue weighted by molar-refractivity contribution is 0.144. The maximum atomic E-state index is 5.68. The van der Waals surface area contributed by atoms with Crippen molar-refractivity contribution in [2.24, 2.45) is 5.92 Å². The Hall–Kier alpha value is -1.99. The van der Waals surface area contributed by atoms with Crippen molar-refractivity contribution in [1.82, 2.24) is 20.0 Å². The zero-order chi connectivity index (χ0) is 19.2. The third-order valence-corrected chi connectivity index (χ3v) is 5.84. The van der Waals surface area contributed by atoms with E-state index in [9.17, 15) is 0 Å². The van der Waals surface area contributed by atoms with Crippen molar-refractivity contribution < 1.29 is 14.0 Å². The number of ether oxygens (including phenoxy) is 2. The van der Waals surface area contributed by atoms with Crippen LogP contribution in [0.2, 0.25) is 0 Å². The summed E-state index contributed by atoms with van der Waals surface area (Å²) in [4.78, 5) is 11.5. The first-order chi connectivity index (χ1) is 13.8. The second kappa shape index (κ2) is 9.47. The fourth-order valence-corrected chi connectivity index (χ4v) is 4.37. The Morgan fingerprint density at radius 3 is 2.89 bits per heavy atom. The highest BCUT2D eigenvalue weighted by molar-refractivity contribution is 5.55. The number of aromatic nitrogens is 3. The molecule has 1 saturated carbocycles. The lowest BCUT2D eigenvalue weighted by Gasteiger charge is -2.29. The molecule has 7 heteroatoms. The molecule has 0 spiro atoms. The van der Waals surface area contributed by atoms with Gasteiger partial charge in [0.25, 0.3) is 0 Å². The Morgan fingerprint density at radius 2 is 2.04 bits per heavy atom. The first-order valence-corrected chi connectivity index (χ1v) is 10.5. The second-order valence-corrected chi connectivity index (χ2v) is 7.84. The van der Waals surface area contributed by atoms with Gasteiger partial charge in [-0.25, -0.2) is 4.98 Å². The van der Waals surface area contributed by atoms with Crippen molar-refractivity contribution in [1.29, 1.82) is 0 Å². The molecule has 1 aliphatic carbocycles. The van der Waals surface area contributed by atoms with E-state index in [0.29, 0.717) is 24.9 Å². The van der Waals surface area contributed by atoms with Gasteiger partial charge in [-0.1, -0.05) is 24.4 Å². The van der Waals surface area contributed by atoms with Crippen molar-refractivity contribution in [2.45, 2.75) is 51.0 Å². The first-order valence-electron chi connectivity index (χ1n) is 10.5. The second-order valence-electron chi connectivity index (χ2n) is 7.84. The van der Waals surface area contributed by atoms with Crippen LogP contribution in [-0.4, -0.2) is 53.4 Å². The third-order valence-electron chi connectivity index (χ3n) is 5.84. The molecule has 0 radical (unpaired) electrons. The van der Waals surface area contributed by atoms with Gasteiger partial charge in [0.15, 0.2) is 0 Å². The quantitative estimate of drug-likeness (QED) is 0.638. The smallest absolute Gasteiger partial charge is 0.244 e. The Labute approximate surface area is 166 Å². The highest BCUT2D eigenvalue weighted by atomic mass is 16.5. The van der Waals surface area contributed by atoms with Gasteiger partial charge in [0.2, 0.25) is 17.6 Å². The van der Waals surface area contributed by atoms with Gasteiger partial charge in [0.05, 0.1) is 12.6 Å². The molecule has 152 valence electrons. The monoisotopic (exact) mass is 386 g/mol. The van der Waals surface area contributed by atoms with Gasteiger partial charge in [-0.3, -0.25) is 4.90 Å². The Morgan fingerprint density at radius 1 is 1.14 bits per heavy atom. The van der Waals surface area contributed by atoms with E-state index in [-0.39, 0.29) is 6.04 Å². The molecular weight excluding hydrogens is 356 g/mol. The number of nitrogens with zero attached hydrogens (tertiary/aromatic N) is 4. The van der Waals surface area contributed by atoms with Crippen LogP contribution in [0.5, 0.6) is 5.88 Å². The van der Waals surface area contributed by atoms with Crippen LogP contribution >= 0.6 is 0 Å². The lowest BCUT2D eigenvalue weighted by atomic mass is 9.89. The average molecular weight is 386 g/mol. The normalized spacial score (nSPS) is 21.2. The van der Waals surface area contributed by atoms with Crippen molar-refractivity contribution in [2.75, 3.05) is 33.4 Å². The first kappa shape index (κ1) is 19.3. The molecule has 2 aromatic heterocycles. The van der Waals surface area contributed by atoms with Crippen molar-refractivity contribution in [3.8, 4) is 17.3 Å². The Kier molecular flexibility index (Phi) is 6.54. The largest absolute Gasteiger partial charge is 0.475 e. The summed E-state index contributed by atoms with van der Waals surface area (Å²) in [7, 11) is 1.65. The maximum Gasteiger partial charge on any atom is 0.244 e. The highest BCUT2D eigenvalue weighted by Crippen LogP contribution is 2.35. The van der Waals surface area contributed by atoms with E-state index in [4.69, 9.17) is 19.0 Å². The van der Waals surface area contributed by atoms with Gasteiger partial charge >= 0.3 is 0 Å². The molecule has 0 N–H and O–H groups in total. The number of pyridine rings is 1. The predicted octanol–water partition coefficient (Wildman–Crippen LogP) is 3.87. The lowest BCUT2D eigenvalue weighted by Crippen LogP contribution is -2.30. The fourth-order valence-electron chi connectivity index (χ4n) is 4.37. The van der Waals surface area contributed by atoms with Crippen LogP contribution in [0.3, 0.4) is 0 Å². The number of likely N-dealkylation sites (tertiary alicyclic amines) is 1. The Balaban J connectivity index is 1.42. The summed E-state index contributed by atoms with van der Waals surface area (Å²) in [6, 6.07) is 3.98. The molecule has 1 unspecified atom stereocenters. The minimum Gasteiger partial charge on any atom is -0.475 e. The van der Waals surface area contributed by atoms with Crippen LogP contribution in [0, 0.1) is 5.92 Å². The van der Waals surface area contributed by atoms with Gasteiger partial charge in [0, 0.05) is 31.5 Å². The van der Waals surface area contributed by atoms with E-state index in [1.807, 2.05) is 12.1 Å². The predicted molar refractivity (Wildman–Crippen MR) is 105 cm³/mol. The molecule has 0 aromatic carbocycles. The van der Waals surface area contributed by atoms with Crippen LogP contribution in [-0.2, 0) is 4.74 Å². The van der Waals surface area contributed by atoms with E-state index in [2.05, 4.69) is 15.0 Å². The third kappa shape index (κ3) is 4.70. The average Bonchev–Trinajstić information content (AvgIpc) is 3.39. The highest BCUT2D eigenvalue weighted by Gasteiger charge is 2.32. The van der Waals surface area contributed by atoms with Crippen LogP contribution in [0.4, 0.5) is 0 Å². The summed E-state index contributed by atoms with van der Waals surface area (Å²) in [6.45, 7) is 3.28. The summed E-state index contributed by atoms with van der Waals surface area (Å²) in [6.07, 6.45) is 10.9. The summed E-state index contributed by atoms with van der Waals surface area (Å²) in [5.74, 6) is 2.70. The fraction of sp³-hybridized carbons (Fsp3) is 0.667. The molecule has 2 aliphatic rings. The van der Waals surface area contributed by atoms with E-state index >= 15 is 0 Å². The molecule has 0 bridgehead atoms. The van der Waals surface area contributed by atoms with Crippen LogP contribution in [0.1, 0.15) is 56.9 Å². The zero-order valence-corrected chi connectivity index (χ0v) is 16.7.